The van der Waals surface area contributed by atoms with Crippen LogP contribution < -0.4 is 5.32 Å². The van der Waals surface area contributed by atoms with E-state index < -0.39 is 24.7 Å². The molecule has 0 spiro atoms. The number of aromatic nitrogens is 2. The van der Waals surface area contributed by atoms with Crippen LogP contribution in [0.25, 0.3) is 0 Å². The van der Waals surface area contributed by atoms with Crippen LogP contribution >= 0.6 is 0 Å². The molecule has 6 nitrogen and oxygen atoms in total. The van der Waals surface area contributed by atoms with Gasteiger partial charge in [0.2, 0.25) is 5.95 Å². The van der Waals surface area contributed by atoms with Crippen LogP contribution in [-0.4, -0.2) is 52.8 Å². The number of halogens is 3. The summed E-state index contributed by atoms with van der Waals surface area (Å²) < 4.78 is 42.9. The van der Waals surface area contributed by atoms with Crippen LogP contribution in [0.5, 0.6) is 0 Å². The Kier molecular flexibility index (Phi) is 4.84. The second-order valence-corrected chi connectivity index (χ2v) is 5.44. The van der Waals surface area contributed by atoms with Crippen molar-refractivity contribution in [1.29, 1.82) is 0 Å². The predicted octanol–water partition coefficient (Wildman–Crippen LogP) is 2.62. The Bertz CT molecular complexity index is 722. The molecule has 1 aliphatic rings. The third-order valence-electron chi connectivity index (χ3n) is 3.65. The smallest absolute Gasteiger partial charge is 0.365 e. The minimum Gasteiger partial charge on any atom is -0.365 e. The van der Waals surface area contributed by atoms with Gasteiger partial charge in [-0.05, 0) is 12.1 Å². The monoisotopic (exact) mass is 352 g/mol. The second-order valence-electron chi connectivity index (χ2n) is 5.44. The first kappa shape index (κ1) is 17.2. The van der Waals surface area contributed by atoms with Crippen LogP contribution in [0, 0.1) is 0 Å². The topological polar surface area (TPSA) is 67.4 Å². The first-order valence-electron chi connectivity index (χ1n) is 7.55. The van der Waals surface area contributed by atoms with E-state index in [-0.39, 0.29) is 24.7 Å². The number of anilines is 2. The van der Waals surface area contributed by atoms with E-state index in [9.17, 15) is 18.0 Å². The number of hydrogen-bond donors (Lipinski definition) is 1. The Morgan fingerprint density at radius 3 is 2.52 bits per heavy atom. The molecule has 1 aliphatic heterocycles. The summed E-state index contributed by atoms with van der Waals surface area (Å²) >= 11 is 0. The molecular weight excluding hydrogens is 337 g/mol. The van der Waals surface area contributed by atoms with Crippen molar-refractivity contribution >= 4 is 17.5 Å². The van der Waals surface area contributed by atoms with E-state index in [1.807, 2.05) is 30.3 Å². The number of carbonyl (C=O) groups is 1. The number of amides is 1. The van der Waals surface area contributed by atoms with Crippen LogP contribution in [0.2, 0.25) is 0 Å². The van der Waals surface area contributed by atoms with E-state index in [2.05, 4.69) is 20.0 Å². The molecule has 132 valence electrons. The van der Waals surface area contributed by atoms with Gasteiger partial charge in [-0.15, -0.1) is 0 Å². The van der Waals surface area contributed by atoms with Crippen molar-refractivity contribution in [3.8, 4) is 0 Å². The van der Waals surface area contributed by atoms with Gasteiger partial charge in [0.05, 0.1) is 18.7 Å². The third-order valence-corrected chi connectivity index (χ3v) is 3.65. The summed E-state index contributed by atoms with van der Waals surface area (Å²) in [5.74, 6) is -0.262. The molecule has 0 radical (unpaired) electrons. The number of alkyl halides is 3. The average Bonchev–Trinajstić information content (AvgIpc) is 2.62. The van der Waals surface area contributed by atoms with E-state index in [4.69, 9.17) is 0 Å². The predicted molar refractivity (Wildman–Crippen MR) is 83.5 cm³/mol. The molecule has 2 aromatic rings. The van der Waals surface area contributed by atoms with Gasteiger partial charge in [-0.25, -0.2) is 9.97 Å². The molecule has 0 bridgehead atoms. The third kappa shape index (κ3) is 4.24. The van der Waals surface area contributed by atoms with Crippen LogP contribution in [-0.2, 0) is 4.74 Å². The van der Waals surface area contributed by atoms with Gasteiger partial charge in [0.1, 0.15) is 0 Å². The minimum atomic E-state index is -4.50. The number of hydrogen-bond acceptors (Lipinski definition) is 5. The number of para-hydroxylation sites is 1. The lowest BCUT2D eigenvalue weighted by atomic mass is 10.2. The van der Waals surface area contributed by atoms with Crippen molar-refractivity contribution in [3.63, 3.8) is 0 Å². The highest BCUT2D eigenvalue weighted by atomic mass is 19.4. The Morgan fingerprint density at radius 2 is 1.88 bits per heavy atom. The molecule has 2 heterocycles. The summed E-state index contributed by atoms with van der Waals surface area (Å²) in [5, 5.41) is 2.96. The summed E-state index contributed by atoms with van der Waals surface area (Å²) in [6.07, 6.45) is -3.89. The van der Waals surface area contributed by atoms with E-state index in [1.165, 1.54) is 12.4 Å². The van der Waals surface area contributed by atoms with Gasteiger partial charge in [0.25, 0.3) is 5.91 Å². The number of benzene rings is 1. The Morgan fingerprint density at radius 1 is 1.20 bits per heavy atom. The van der Waals surface area contributed by atoms with Crippen LogP contribution in [0.1, 0.15) is 10.4 Å². The number of ether oxygens (including phenoxy) is 1. The molecule has 1 N–H and O–H groups in total. The number of carbonyl (C=O) groups excluding carboxylic acids is 1. The molecule has 25 heavy (non-hydrogen) atoms. The molecule has 1 atom stereocenters. The van der Waals surface area contributed by atoms with Crippen molar-refractivity contribution in [1.82, 2.24) is 14.9 Å². The largest absolute Gasteiger partial charge is 0.416 e. The van der Waals surface area contributed by atoms with Gasteiger partial charge in [-0.2, -0.15) is 13.2 Å². The lowest BCUT2D eigenvalue weighted by molar-refractivity contribution is -0.233. The van der Waals surface area contributed by atoms with Crippen molar-refractivity contribution in [2.75, 3.05) is 25.0 Å². The van der Waals surface area contributed by atoms with Gasteiger partial charge in [-0.1, -0.05) is 18.2 Å². The van der Waals surface area contributed by atoms with Gasteiger partial charge in [0.15, 0.2) is 6.10 Å². The van der Waals surface area contributed by atoms with Gasteiger partial charge in [0, 0.05) is 24.6 Å². The highest BCUT2D eigenvalue weighted by molar-refractivity contribution is 5.93. The van der Waals surface area contributed by atoms with Crippen molar-refractivity contribution in [2.45, 2.75) is 12.3 Å². The van der Waals surface area contributed by atoms with Crippen molar-refractivity contribution < 1.29 is 22.7 Å². The zero-order chi connectivity index (χ0) is 17.9. The van der Waals surface area contributed by atoms with Crippen molar-refractivity contribution in [2.24, 2.45) is 0 Å². The molecule has 3 rings (SSSR count). The lowest BCUT2D eigenvalue weighted by Crippen LogP contribution is -2.51. The molecule has 1 aromatic carbocycles. The summed E-state index contributed by atoms with van der Waals surface area (Å²) in [4.78, 5) is 21.5. The average molecular weight is 352 g/mol. The first-order valence-corrected chi connectivity index (χ1v) is 7.55. The summed E-state index contributed by atoms with van der Waals surface area (Å²) in [6, 6.07) is 9.21. The summed E-state index contributed by atoms with van der Waals surface area (Å²) in [7, 11) is 0. The molecule has 1 amide bonds. The van der Waals surface area contributed by atoms with E-state index in [1.54, 1.807) is 0 Å². The minimum absolute atomic E-state index is 0.0927. The maximum Gasteiger partial charge on any atom is 0.416 e. The SMILES string of the molecule is O=C(c1cnc(Nc2ccccc2)nc1)N1CCOC(C(F)(F)F)C1. The maximum absolute atomic E-state index is 12.7. The highest BCUT2D eigenvalue weighted by Crippen LogP contribution is 2.26. The fourth-order valence-corrected chi connectivity index (χ4v) is 2.37. The fraction of sp³-hybridized carbons (Fsp3) is 0.312. The molecular formula is C16H15F3N4O2. The Balaban J connectivity index is 1.66. The number of rotatable bonds is 3. The zero-order valence-corrected chi connectivity index (χ0v) is 13.0. The van der Waals surface area contributed by atoms with E-state index in [0.717, 1.165) is 10.6 Å². The fourth-order valence-electron chi connectivity index (χ4n) is 2.37. The number of nitrogens with one attached hydrogen (secondary N) is 1. The van der Waals surface area contributed by atoms with Crippen LogP contribution in [0.4, 0.5) is 24.8 Å². The lowest BCUT2D eigenvalue weighted by Gasteiger charge is -2.33. The first-order chi connectivity index (χ1) is 11.9. The maximum atomic E-state index is 12.7. The van der Waals surface area contributed by atoms with Crippen LogP contribution in [0.15, 0.2) is 42.7 Å². The van der Waals surface area contributed by atoms with Crippen molar-refractivity contribution in [3.05, 3.63) is 48.3 Å². The highest BCUT2D eigenvalue weighted by Gasteiger charge is 2.44. The molecule has 1 saturated heterocycles. The summed E-state index contributed by atoms with van der Waals surface area (Å²) in [5.41, 5.74) is 0.907. The van der Waals surface area contributed by atoms with E-state index >= 15 is 0 Å². The summed E-state index contributed by atoms with van der Waals surface area (Å²) in [6.45, 7) is -0.605. The quantitative estimate of drug-likeness (QED) is 0.920. The molecule has 1 unspecified atom stereocenters. The normalized spacial score (nSPS) is 18.0. The van der Waals surface area contributed by atoms with E-state index in [0.29, 0.717) is 0 Å². The van der Waals surface area contributed by atoms with Gasteiger partial charge >= 0.3 is 6.18 Å². The van der Waals surface area contributed by atoms with Crippen LogP contribution in [0.3, 0.4) is 0 Å². The Labute approximate surface area is 141 Å². The van der Waals surface area contributed by atoms with Gasteiger partial charge in [-0.3, -0.25) is 4.79 Å². The zero-order valence-electron chi connectivity index (χ0n) is 13.0. The van der Waals surface area contributed by atoms with Gasteiger partial charge < -0.3 is 15.0 Å². The molecule has 1 fully saturated rings. The molecule has 1 aromatic heterocycles. The Hall–Kier alpha value is -2.68. The second kappa shape index (κ2) is 7.06. The number of nitrogens with zero attached hydrogens (tertiary/aromatic N) is 3. The molecule has 0 saturated carbocycles. The standard InChI is InChI=1S/C16H15F3N4O2/c17-16(18,19)13-10-23(6-7-25-13)14(24)11-8-20-15(21-9-11)22-12-4-2-1-3-5-12/h1-5,8-9,13H,6-7,10H2,(H,20,21,22). The molecule has 0 aliphatic carbocycles. The molecule has 9 heteroatoms. The number of morpholine rings is 1.